The maximum atomic E-state index is 13.3. The molecule has 6 rings (SSSR count). The Bertz CT molecular complexity index is 925. The van der Waals surface area contributed by atoms with Crippen molar-refractivity contribution in [2.45, 2.75) is 89.7 Å². The molecule has 0 saturated heterocycles. The van der Waals surface area contributed by atoms with Crippen molar-refractivity contribution in [2.24, 2.45) is 46.8 Å². The van der Waals surface area contributed by atoms with Crippen LogP contribution in [0.25, 0.3) is 0 Å². The minimum absolute atomic E-state index is 0.177. The summed E-state index contributed by atoms with van der Waals surface area (Å²) >= 11 is 0. The van der Waals surface area contributed by atoms with E-state index in [-0.39, 0.29) is 11.3 Å². The number of fused-ring (bicyclic) bond motifs is 5. The van der Waals surface area contributed by atoms with Crippen LogP contribution < -0.4 is 0 Å². The first-order valence-electron chi connectivity index (χ1n) is 13.2. The fourth-order valence-electron chi connectivity index (χ4n) is 8.66. The van der Waals surface area contributed by atoms with Gasteiger partial charge in [0.05, 0.1) is 12.9 Å². The molecule has 0 bridgehead atoms. The lowest BCUT2D eigenvalue weighted by Gasteiger charge is -2.56. The number of aliphatic hydroxyl groups is 1. The van der Waals surface area contributed by atoms with E-state index in [9.17, 15) is 9.90 Å². The van der Waals surface area contributed by atoms with Gasteiger partial charge < -0.3 is 9.67 Å². The van der Waals surface area contributed by atoms with Gasteiger partial charge in [-0.2, -0.15) is 0 Å². The third-order valence-corrected chi connectivity index (χ3v) is 10.4. The molecule has 0 aromatic carbocycles. The molecule has 1 aromatic heterocycles. The smallest absolute Gasteiger partial charge is 0.156 e. The number of ketones is 1. The van der Waals surface area contributed by atoms with E-state index in [0.29, 0.717) is 30.1 Å². The van der Waals surface area contributed by atoms with Gasteiger partial charge in [-0.3, -0.25) is 4.79 Å². The Kier molecular flexibility index (Phi) is 5.06. The predicted octanol–water partition coefficient (Wildman–Crippen LogP) is 4.87. The average Bonchev–Trinajstić information content (AvgIpc) is 3.34. The van der Waals surface area contributed by atoms with Crippen molar-refractivity contribution in [3.8, 4) is 11.8 Å². The van der Waals surface area contributed by atoms with Gasteiger partial charge in [0.15, 0.2) is 5.78 Å². The van der Waals surface area contributed by atoms with Crippen LogP contribution in [0.4, 0.5) is 0 Å². The standard InChI is InChI=1S/C28H38N2O2/c1-27-11-9-22-21-10-13-28(32,12-8-19-2-3-19)16-20(21)4-5-23(22)24(27)6-7-25(27)26(31)17-30-15-14-29-18-30/h14-15,18-25,32H,2-7,9-11,13,16-17H2,1H3/t20-,21+,22-,23-,24+,25-,27+,28-/m1/s1. The van der Waals surface area contributed by atoms with Crippen LogP contribution >= 0.6 is 0 Å². The third-order valence-electron chi connectivity index (χ3n) is 10.4. The van der Waals surface area contributed by atoms with Gasteiger partial charge in [-0.1, -0.05) is 18.8 Å². The Morgan fingerprint density at radius 3 is 2.69 bits per heavy atom. The van der Waals surface area contributed by atoms with Crippen LogP contribution in [-0.2, 0) is 11.3 Å². The molecule has 8 atom stereocenters. The molecule has 5 aliphatic rings. The van der Waals surface area contributed by atoms with Gasteiger partial charge in [-0.15, -0.1) is 0 Å². The summed E-state index contributed by atoms with van der Waals surface area (Å²) in [5.74, 6) is 11.5. The largest absolute Gasteiger partial charge is 0.378 e. The van der Waals surface area contributed by atoms with Gasteiger partial charge in [0, 0.05) is 24.2 Å². The zero-order chi connectivity index (χ0) is 21.9. The van der Waals surface area contributed by atoms with Gasteiger partial charge in [-0.25, -0.2) is 4.98 Å². The fraction of sp³-hybridized carbons (Fsp3) is 0.786. The lowest BCUT2D eigenvalue weighted by atomic mass is 9.49. The highest BCUT2D eigenvalue weighted by Crippen LogP contribution is 2.64. The molecular weight excluding hydrogens is 396 g/mol. The summed E-state index contributed by atoms with van der Waals surface area (Å²) in [6.07, 6.45) is 18.1. The molecule has 172 valence electrons. The second-order valence-electron chi connectivity index (χ2n) is 12.1. The summed E-state index contributed by atoms with van der Waals surface area (Å²) in [4.78, 5) is 17.4. The summed E-state index contributed by atoms with van der Waals surface area (Å²) in [6.45, 7) is 2.92. The summed E-state index contributed by atoms with van der Waals surface area (Å²) in [7, 11) is 0. The van der Waals surface area contributed by atoms with Gasteiger partial charge in [0.25, 0.3) is 0 Å². The highest BCUT2D eigenvalue weighted by atomic mass is 16.3. The molecule has 0 radical (unpaired) electrons. The first-order valence-corrected chi connectivity index (χ1v) is 13.2. The minimum Gasteiger partial charge on any atom is -0.378 e. The van der Waals surface area contributed by atoms with Crippen LogP contribution in [0.1, 0.15) is 77.6 Å². The van der Waals surface area contributed by atoms with E-state index in [2.05, 4.69) is 23.7 Å². The Morgan fingerprint density at radius 2 is 1.91 bits per heavy atom. The quantitative estimate of drug-likeness (QED) is 0.691. The first kappa shape index (κ1) is 21.0. The Hall–Kier alpha value is -1.60. The molecule has 0 unspecified atom stereocenters. The second kappa shape index (κ2) is 7.73. The zero-order valence-corrected chi connectivity index (χ0v) is 19.5. The number of rotatable bonds is 3. The van der Waals surface area contributed by atoms with Crippen LogP contribution in [0, 0.1) is 58.7 Å². The molecule has 5 fully saturated rings. The molecule has 1 N–H and O–H groups in total. The Morgan fingerprint density at radius 1 is 1.06 bits per heavy atom. The van der Waals surface area contributed by atoms with Crippen LogP contribution in [-0.4, -0.2) is 26.0 Å². The van der Waals surface area contributed by atoms with E-state index >= 15 is 0 Å². The van der Waals surface area contributed by atoms with Crippen molar-refractivity contribution in [3.05, 3.63) is 18.7 Å². The number of hydrogen-bond acceptors (Lipinski definition) is 3. The van der Waals surface area contributed by atoms with Crippen LogP contribution in [0.3, 0.4) is 0 Å². The van der Waals surface area contributed by atoms with Crippen molar-refractivity contribution in [1.29, 1.82) is 0 Å². The topological polar surface area (TPSA) is 55.1 Å². The van der Waals surface area contributed by atoms with E-state index in [1.165, 1.54) is 44.9 Å². The third kappa shape index (κ3) is 3.56. The van der Waals surface area contributed by atoms with E-state index < -0.39 is 5.60 Å². The zero-order valence-electron chi connectivity index (χ0n) is 19.5. The number of hydrogen-bond donors (Lipinski definition) is 1. The number of carbonyl (C=O) groups excluding carboxylic acids is 1. The van der Waals surface area contributed by atoms with Crippen LogP contribution in [0.2, 0.25) is 0 Å². The van der Waals surface area contributed by atoms with Gasteiger partial charge in [0.2, 0.25) is 0 Å². The summed E-state index contributed by atoms with van der Waals surface area (Å²) in [5.41, 5.74) is -0.547. The minimum atomic E-state index is -0.724. The van der Waals surface area contributed by atoms with Crippen molar-refractivity contribution >= 4 is 5.78 Å². The fourth-order valence-corrected chi connectivity index (χ4v) is 8.66. The molecule has 0 amide bonds. The monoisotopic (exact) mass is 434 g/mol. The van der Waals surface area contributed by atoms with Crippen molar-refractivity contribution < 1.29 is 9.90 Å². The predicted molar refractivity (Wildman–Crippen MR) is 123 cm³/mol. The number of Topliss-reactive ketones (excluding diaryl/α,β-unsaturated/α-hetero) is 1. The maximum Gasteiger partial charge on any atom is 0.156 e. The van der Waals surface area contributed by atoms with Crippen LogP contribution in [0.15, 0.2) is 18.7 Å². The normalized spacial score (nSPS) is 45.2. The number of nitrogens with zero attached hydrogens (tertiary/aromatic N) is 2. The van der Waals surface area contributed by atoms with Gasteiger partial charge >= 0.3 is 0 Å². The molecule has 32 heavy (non-hydrogen) atoms. The number of imidazole rings is 1. The molecule has 4 nitrogen and oxygen atoms in total. The van der Waals surface area contributed by atoms with Crippen molar-refractivity contribution in [1.82, 2.24) is 9.55 Å². The Balaban J connectivity index is 1.15. The van der Waals surface area contributed by atoms with Gasteiger partial charge in [0.1, 0.15) is 5.60 Å². The highest BCUT2D eigenvalue weighted by molar-refractivity contribution is 5.82. The highest BCUT2D eigenvalue weighted by Gasteiger charge is 2.58. The average molecular weight is 435 g/mol. The van der Waals surface area contributed by atoms with E-state index in [0.717, 1.165) is 43.4 Å². The summed E-state index contributed by atoms with van der Waals surface area (Å²) < 4.78 is 1.94. The maximum absolute atomic E-state index is 13.3. The molecule has 0 spiro atoms. The molecule has 1 heterocycles. The van der Waals surface area contributed by atoms with Crippen LogP contribution in [0.5, 0.6) is 0 Å². The van der Waals surface area contributed by atoms with Crippen molar-refractivity contribution in [3.63, 3.8) is 0 Å². The van der Waals surface area contributed by atoms with Gasteiger partial charge in [-0.05, 0) is 106 Å². The molecular formula is C28H38N2O2. The summed E-state index contributed by atoms with van der Waals surface area (Å²) in [5, 5.41) is 11.2. The number of aromatic nitrogens is 2. The molecule has 5 aliphatic carbocycles. The summed E-state index contributed by atoms with van der Waals surface area (Å²) in [6, 6.07) is 0. The van der Waals surface area contributed by atoms with E-state index in [1.807, 2.05) is 10.8 Å². The van der Waals surface area contributed by atoms with E-state index in [4.69, 9.17) is 0 Å². The molecule has 0 aliphatic heterocycles. The second-order valence-corrected chi connectivity index (χ2v) is 12.1. The van der Waals surface area contributed by atoms with Crippen molar-refractivity contribution in [2.75, 3.05) is 0 Å². The molecule has 1 aromatic rings. The van der Waals surface area contributed by atoms with E-state index in [1.54, 1.807) is 12.5 Å². The SMILES string of the molecule is C[C@]12CC[C@H]3[C@@H](CC[C@@H]4C[C@@](O)(C#CC5CC5)CC[C@@H]43)[C@@H]1CC[C@@H]2C(=O)Cn1ccnc1. The first-order chi connectivity index (χ1) is 15.5. The Labute approximate surface area is 192 Å². The lowest BCUT2D eigenvalue weighted by molar-refractivity contribution is -0.132. The number of carbonyl (C=O) groups is 1. The molecule has 4 heteroatoms. The lowest BCUT2D eigenvalue weighted by Crippen LogP contribution is -2.51. The molecule has 5 saturated carbocycles.